The summed E-state index contributed by atoms with van der Waals surface area (Å²) in [6.07, 6.45) is 3.25. The van der Waals surface area contributed by atoms with Gasteiger partial charge in [-0.05, 0) is 30.3 Å². The van der Waals surface area contributed by atoms with Crippen molar-refractivity contribution in [3.05, 3.63) is 86.5 Å². The normalized spacial score (nSPS) is 11.0. The van der Waals surface area contributed by atoms with Gasteiger partial charge in [-0.25, -0.2) is 14.3 Å². The van der Waals surface area contributed by atoms with Crippen molar-refractivity contribution in [1.29, 1.82) is 0 Å². The lowest BCUT2D eigenvalue weighted by atomic mass is 10.1. The Labute approximate surface area is 179 Å². The SMILES string of the molecule is COc1ccc(Br)cc1-c1c([O-])[n+](Cc2ccc(Cl)nc2)c2ccccn2c1=O. The molecule has 0 spiro atoms. The van der Waals surface area contributed by atoms with Crippen LogP contribution in [0.1, 0.15) is 5.56 Å². The fraction of sp³-hybridized carbons (Fsp3) is 0.0952. The van der Waals surface area contributed by atoms with Crippen molar-refractivity contribution in [2.75, 3.05) is 7.11 Å². The number of benzene rings is 1. The van der Waals surface area contributed by atoms with Gasteiger partial charge < -0.3 is 9.84 Å². The van der Waals surface area contributed by atoms with Crippen molar-refractivity contribution in [2.45, 2.75) is 6.54 Å². The van der Waals surface area contributed by atoms with Crippen LogP contribution in [0.2, 0.25) is 5.15 Å². The zero-order valence-electron chi connectivity index (χ0n) is 15.3. The molecule has 4 rings (SSSR count). The van der Waals surface area contributed by atoms with Crippen molar-refractivity contribution < 1.29 is 14.4 Å². The molecule has 3 aromatic heterocycles. The molecular formula is C21H15BrClN3O3. The van der Waals surface area contributed by atoms with Gasteiger partial charge in [-0.2, -0.15) is 4.40 Å². The number of nitrogens with zero attached hydrogens (tertiary/aromatic N) is 3. The highest BCUT2D eigenvalue weighted by molar-refractivity contribution is 9.10. The van der Waals surface area contributed by atoms with Gasteiger partial charge in [-0.1, -0.05) is 39.7 Å². The van der Waals surface area contributed by atoms with Crippen LogP contribution in [-0.2, 0) is 6.54 Å². The molecule has 0 aliphatic rings. The predicted octanol–water partition coefficient (Wildman–Crippen LogP) is 3.20. The summed E-state index contributed by atoms with van der Waals surface area (Å²) < 4.78 is 9.14. The second kappa shape index (κ2) is 7.85. The Balaban J connectivity index is 2.03. The molecular weight excluding hydrogens is 458 g/mol. The Morgan fingerprint density at radius 1 is 1.24 bits per heavy atom. The van der Waals surface area contributed by atoms with Gasteiger partial charge in [0.1, 0.15) is 23.0 Å². The van der Waals surface area contributed by atoms with Gasteiger partial charge in [0.2, 0.25) is 0 Å². The van der Waals surface area contributed by atoms with Crippen LogP contribution < -0.4 is 20.0 Å². The third-order valence-corrected chi connectivity index (χ3v) is 5.28. The first-order valence-electron chi connectivity index (χ1n) is 8.68. The summed E-state index contributed by atoms with van der Waals surface area (Å²) in [5.74, 6) is 0.0329. The maximum absolute atomic E-state index is 13.5. The van der Waals surface area contributed by atoms with Crippen LogP contribution in [0.15, 0.2) is 70.2 Å². The van der Waals surface area contributed by atoms with Gasteiger partial charge in [-0.3, -0.25) is 0 Å². The fourth-order valence-electron chi connectivity index (χ4n) is 3.22. The van der Waals surface area contributed by atoms with E-state index in [1.807, 2.05) is 0 Å². The molecule has 0 aliphatic carbocycles. The van der Waals surface area contributed by atoms with Crippen molar-refractivity contribution in [3.63, 3.8) is 0 Å². The van der Waals surface area contributed by atoms with E-state index in [0.717, 1.165) is 10.0 Å². The molecule has 0 N–H and O–H groups in total. The van der Waals surface area contributed by atoms with E-state index in [1.54, 1.807) is 65.5 Å². The molecule has 1 aromatic carbocycles. The Morgan fingerprint density at radius 3 is 2.79 bits per heavy atom. The largest absolute Gasteiger partial charge is 0.842 e. The zero-order chi connectivity index (χ0) is 20.5. The van der Waals surface area contributed by atoms with Gasteiger partial charge in [0, 0.05) is 27.9 Å². The monoisotopic (exact) mass is 471 g/mol. The predicted molar refractivity (Wildman–Crippen MR) is 111 cm³/mol. The smallest absolute Gasteiger partial charge is 0.349 e. The first-order valence-corrected chi connectivity index (χ1v) is 9.85. The number of rotatable bonds is 4. The molecule has 4 aromatic rings. The van der Waals surface area contributed by atoms with E-state index in [4.69, 9.17) is 16.3 Å². The molecule has 6 nitrogen and oxygen atoms in total. The highest BCUT2D eigenvalue weighted by Crippen LogP contribution is 2.33. The average Bonchev–Trinajstić information content (AvgIpc) is 2.73. The summed E-state index contributed by atoms with van der Waals surface area (Å²) in [5.41, 5.74) is 1.32. The minimum Gasteiger partial charge on any atom is -0.842 e. The van der Waals surface area contributed by atoms with Gasteiger partial charge in [0.05, 0.1) is 19.2 Å². The highest BCUT2D eigenvalue weighted by Gasteiger charge is 2.22. The summed E-state index contributed by atoms with van der Waals surface area (Å²) in [4.78, 5) is 17.3. The maximum Gasteiger partial charge on any atom is 0.349 e. The number of fused-ring (bicyclic) bond motifs is 1. The van der Waals surface area contributed by atoms with Crippen LogP contribution in [-0.4, -0.2) is 16.5 Å². The number of aromatic nitrogens is 3. The maximum atomic E-state index is 13.5. The third kappa shape index (κ3) is 3.59. The lowest BCUT2D eigenvalue weighted by Gasteiger charge is -2.18. The van der Waals surface area contributed by atoms with E-state index in [-0.39, 0.29) is 12.1 Å². The average molecular weight is 473 g/mol. The van der Waals surface area contributed by atoms with Crippen molar-refractivity contribution in [1.82, 2.24) is 9.38 Å². The molecule has 0 amide bonds. The van der Waals surface area contributed by atoms with E-state index in [9.17, 15) is 9.90 Å². The van der Waals surface area contributed by atoms with Crippen LogP contribution in [0, 0.1) is 0 Å². The van der Waals surface area contributed by atoms with Gasteiger partial charge in [-0.15, -0.1) is 0 Å². The molecule has 0 atom stereocenters. The summed E-state index contributed by atoms with van der Waals surface area (Å²) in [5, 5.41) is 13.9. The van der Waals surface area contributed by atoms with Crippen molar-refractivity contribution in [3.8, 4) is 22.8 Å². The zero-order valence-corrected chi connectivity index (χ0v) is 17.6. The molecule has 0 unspecified atom stereocenters. The van der Waals surface area contributed by atoms with Crippen LogP contribution in [0.3, 0.4) is 0 Å². The number of pyridine rings is 2. The second-order valence-corrected chi connectivity index (χ2v) is 7.64. The number of hydrogen-bond donors (Lipinski definition) is 0. The number of methoxy groups -OCH3 is 1. The lowest BCUT2D eigenvalue weighted by molar-refractivity contribution is -0.708. The Bertz CT molecular complexity index is 1270. The van der Waals surface area contributed by atoms with Crippen LogP contribution in [0.5, 0.6) is 11.6 Å². The third-order valence-electron chi connectivity index (χ3n) is 4.57. The summed E-state index contributed by atoms with van der Waals surface area (Å²) in [6.45, 7) is 0.236. The molecule has 0 saturated carbocycles. The number of ether oxygens (including phenoxy) is 1. The first-order chi connectivity index (χ1) is 14.0. The standard InChI is InChI=1S/C21H15BrClN3O3/c1-29-16-7-6-14(22)10-15(16)19-20(27)25-9-3-2-4-18(25)26(21(19)28)12-13-5-8-17(23)24-11-13/h2-11H,12H2,1H3. The number of hydrogen-bond acceptors (Lipinski definition) is 4. The van der Waals surface area contributed by atoms with Crippen LogP contribution in [0.25, 0.3) is 16.8 Å². The summed E-state index contributed by atoms with van der Waals surface area (Å²) in [6, 6.07) is 13.9. The van der Waals surface area contributed by atoms with E-state index >= 15 is 0 Å². The van der Waals surface area contributed by atoms with Gasteiger partial charge in [0.15, 0.2) is 0 Å². The Kier molecular flexibility index (Phi) is 5.25. The molecule has 0 fully saturated rings. The molecule has 0 radical (unpaired) electrons. The second-order valence-electron chi connectivity index (χ2n) is 6.33. The van der Waals surface area contributed by atoms with Crippen molar-refractivity contribution >= 4 is 33.2 Å². The molecule has 0 saturated heterocycles. The topological polar surface area (TPSA) is 70.5 Å². The summed E-state index contributed by atoms with van der Waals surface area (Å²) >= 11 is 9.28. The fourth-order valence-corrected chi connectivity index (χ4v) is 3.69. The van der Waals surface area contributed by atoms with Crippen LogP contribution in [0.4, 0.5) is 0 Å². The Morgan fingerprint density at radius 2 is 2.07 bits per heavy atom. The van der Waals surface area contributed by atoms with Gasteiger partial charge >= 0.3 is 5.56 Å². The van der Waals surface area contributed by atoms with Gasteiger partial charge in [0.25, 0.3) is 5.65 Å². The molecule has 8 heteroatoms. The molecule has 0 bridgehead atoms. The number of halogens is 2. The molecule has 29 heavy (non-hydrogen) atoms. The minimum absolute atomic E-state index is 0.0359. The van der Waals surface area contributed by atoms with E-state index in [0.29, 0.717) is 22.1 Å². The van der Waals surface area contributed by atoms with E-state index in [2.05, 4.69) is 20.9 Å². The highest BCUT2D eigenvalue weighted by atomic mass is 79.9. The lowest BCUT2D eigenvalue weighted by Crippen LogP contribution is -2.44. The molecule has 146 valence electrons. The van der Waals surface area contributed by atoms with Crippen LogP contribution >= 0.6 is 27.5 Å². The van der Waals surface area contributed by atoms with E-state index < -0.39 is 11.4 Å². The molecule has 0 aliphatic heterocycles. The Hall–Kier alpha value is -2.90. The van der Waals surface area contributed by atoms with E-state index in [1.165, 1.54) is 11.5 Å². The summed E-state index contributed by atoms with van der Waals surface area (Å²) in [7, 11) is 1.50. The minimum atomic E-state index is -0.410. The van der Waals surface area contributed by atoms with Crippen molar-refractivity contribution in [2.24, 2.45) is 0 Å². The molecule has 3 heterocycles. The quantitative estimate of drug-likeness (QED) is 0.338. The first kappa shape index (κ1) is 19.4.